The molecule has 0 aliphatic heterocycles. The predicted octanol–water partition coefficient (Wildman–Crippen LogP) is 0.582. The molecule has 1 aromatic heterocycles. The molecule has 1 unspecified atom stereocenters. The third kappa shape index (κ3) is 8.45. The number of nitrogens with zero attached hydrogens (tertiary/aromatic N) is 1. The van der Waals surface area contributed by atoms with Gasteiger partial charge in [0.15, 0.2) is 0 Å². The molecule has 1 atom stereocenters. The van der Waals surface area contributed by atoms with Crippen molar-refractivity contribution in [3.63, 3.8) is 0 Å². The second kappa shape index (κ2) is 11.9. The average molecular weight is 476 g/mol. The summed E-state index contributed by atoms with van der Waals surface area (Å²) in [7, 11) is -3.84. The van der Waals surface area contributed by atoms with Crippen molar-refractivity contribution in [3.8, 4) is 0 Å². The minimum absolute atomic E-state index is 0.163. The van der Waals surface area contributed by atoms with Gasteiger partial charge in [0.05, 0.1) is 17.6 Å². The highest BCUT2D eigenvalue weighted by atomic mass is 32.2. The highest BCUT2D eigenvalue weighted by Gasteiger charge is 2.18. The number of carbonyl (C=O) groups excluding carboxylic acids is 2. The van der Waals surface area contributed by atoms with E-state index in [1.165, 1.54) is 12.1 Å². The van der Waals surface area contributed by atoms with Gasteiger partial charge in [-0.15, -0.1) is 0 Å². The Morgan fingerprint density at radius 1 is 1.21 bits per heavy atom. The van der Waals surface area contributed by atoms with Crippen molar-refractivity contribution in [2.24, 2.45) is 5.73 Å². The number of carbonyl (C=O) groups is 2. The lowest BCUT2D eigenvalue weighted by atomic mass is 10.1. The lowest BCUT2D eigenvalue weighted by molar-refractivity contribution is -0.124. The van der Waals surface area contributed by atoms with E-state index in [0.29, 0.717) is 42.8 Å². The minimum Gasteiger partial charge on any atom is -0.386 e. The zero-order valence-corrected chi connectivity index (χ0v) is 19.2. The molecule has 11 heteroatoms. The van der Waals surface area contributed by atoms with Crippen molar-refractivity contribution in [1.29, 1.82) is 0 Å². The highest BCUT2D eigenvalue weighted by molar-refractivity contribution is 7.91. The number of nitrogens with one attached hydrogen (secondary N) is 3. The number of rotatable bonds is 13. The monoisotopic (exact) mass is 475 g/mol. The number of anilines is 1. The zero-order chi connectivity index (χ0) is 24.4. The fourth-order valence-corrected chi connectivity index (χ4v) is 4.28. The van der Waals surface area contributed by atoms with Crippen molar-refractivity contribution in [3.05, 3.63) is 76.5 Å². The van der Waals surface area contributed by atoms with Crippen LogP contribution in [0.15, 0.2) is 59.7 Å². The van der Waals surface area contributed by atoms with Gasteiger partial charge in [-0.2, -0.15) is 0 Å². The van der Waals surface area contributed by atoms with Crippen LogP contribution < -0.4 is 26.6 Å². The van der Waals surface area contributed by atoms with Crippen LogP contribution in [-0.4, -0.2) is 37.8 Å². The van der Waals surface area contributed by atoms with Crippen molar-refractivity contribution in [2.75, 3.05) is 11.3 Å². The number of aldehydes is 1. The molecule has 0 spiro atoms. The Kier molecular flexibility index (Phi) is 9.22. The van der Waals surface area contributed by atoms with E-state index in [-0.39, 0.29) is 18.0 Å². The average Bonchev–Trinajstić information content (AvgIpc) is 2.75. The van der Waals surface area contributed by atoms with E-state index in [1.807, 2.05) is 0 Å². The quantitative estimate of drug-likeness (QED) is 0.244. The Labute approximate surface area is 192 Å². The molecule has 178 valence electrons. The molecular formula is C22H29N5O5S. The number of aryl methyl sites for hydroxylation is 1. The van der Waals surface area contributed by atoms with Crippen LogP contribution in [0.5, 0.6) is 0 Å². The maximum Gasteiger partial charge on any atom is 0.275 e. The number of amides is 1. The predicted molar refractivity (Wildman–Crippen MR) is 127 cm³/mol. The summed E-state index contributed by atoms with van der Waals surface area (Å²) < 4.78 is 28.4. The van der Waals surface area contributed by atoms with Crippen molar-refractivity contribution >= 4 is 27.9 Å². The molecule has 0 bridgehead atoms. The smallest absolute Gasteiger partial charge is 0.275 e. The third-order valence-electron chi connectivity index (χ3n) is 4.71. The van der Waals surface area contributed by atoms with Gasteiger partial charge in [0.2, 0.25) is 15.9 Å². The maximum atomic E-state index is 12.8. The van der Waals surface area contributed by atoms with E-state index in [4.69, 9.17) is 5.73 Å². The Bertz CT molecular complexity index is 1150. The van der Waals surface area contributed by atoms with Gasteiger partial charge in [0, 0.05) is 12.2 Å². The summed E-state index contributed by atoms with van der Waals surface area (Å²) in [4.78, 5) is 36.6. The fraction of sp³-hybridized carbons (Fsp3) is 0.318. The van der Waals surface area contributed by atoms with Crippen LogP contribution >= 0.6 is 0 Å². The second-order valence-electron chi connectivity index (χ2n) is 7.53. The topological polar surface area (TPSA) is 152 Å². The summed E-state index contributed by atoms with van der Waals surface area (Å²) in [5.41, 5.74) is 5.62. The zero-order valence-electron chi connectivity index (χ0n) is 18.4. The number of aromatic nitrogens is 1. The van der Waals surface area contributed by atoms with Gasteiger partial charge < -0.3 is 25.7 Å². The van der Waals surface area contributed by atoms with Gasteiger partial charge in [-0.1, -0.05) is 36.9 Å². The third-order valence-corrected chi connectivity index (χ3v) is 5.96. The molecular weight excluding hydrogens is 446 g/mol. The lowest BCUT2D eigenvalue weighted by Gasteiger charge is -2.16. The first-order valence-electron chi connectivity index (χ1n) is 10.3. The normalized spacial score (nSPS) is 11.9. The summed E-state index contributed by atoms with van der Waals surface area (Å²) in [6.07, 6.45) is 1.57. The molecule has 2 rings (SSSR count). The van der Waals surface area contributed by atoms with E-state index < -0.39 is 27.5 Å². The van der Waals surface area contributed by atoms with E-state index >= 15 is 0 Å². The van der Waals surface area contributed by atoms with Gasteiger partial charge in [-0.3, -0.25) is 14.3 Å². The summed E-state index contributed by atoms with van der Waals surface area (Å²) in [5.74, 6) is -0.525. The first-order valence-corrected chi connectivity index (χ1v) is 11.9. The summed E-state index contributed by atoms with van der Waals surface area (Å²) in [6, 6.07) is 10.7. The summed E-state index contributed by atoms with van der Waals surface area (Å²) in [6.45, 7) is 5.27. The van der Waals surface area contributed by atoms with Gasteiger partial charge in [-0.25, -0.2) is 8.42 Å². The number of pyridine rings is 1. The van der Waals surface area contributed by atoms with E-state index in [1.54, 1.807) is 37.3 Å². The Balaban J connectivity index is 2.06. The highest BCUT2D eigenvalue weighted by Crippen LogP contribution is 2.10. The molecule has 33 heavy (non-hydrogen) atoms. The van der Waals surface area contributed by atoms with Gasteiger partial charge in [0.25, 0.3) is 5.56 Å². The number of hydrogen-bond donors (Lipinski definition) is 4. The second-order valence-corrected chi connectivity index (χ2v) is 9.25. The molecule has 0 aliphatic rings. The number of nitrogens with two attached hydrogens (primary N) is 1. The van der Waals surface area contributed by atoms with Crippen LogP contribution in [0.25, 0.3) is 0 Å². The molecule has 2 aromatic rings. The van der Waals surface area contributed by atoms with E-state index in [2.05, 4.69) is 21.9 Å². The maximum absolute atomic E-state index is 12.8. The lowest BCUT2D eigenvalue weighted by Crippen LogP contribution is -2.41. The van der Waals surface area contributed by atoms with Crippen LogP contribution in [0.4, 0.5) is 5.69 Å². The Morgan fingerprint density at radius 3 is 2.55 bits per heavy atom. The molecule has 1 heterocycles. The van der Waals surface area contributed by atoms with Crippen LogP contribution in [0.1, 0.15) is 24.1 Å². The fourth-order valence-electron chi connectivity index (χ4n) is 3.08. The van der Waals surface area contributed by atoms with Crippen molar-refractivity contribution < 1.29 is 18.0 Å². The number of benzene rings is 1. The number of hydrogen-bond acceptors (Lipinski definition) is 7. The molecule has 1 aromatic carbocycles. The molecule has 0 fully saturated rings. The molecule has 5 N–H and O–H groups in total. The van der Waals surface area contributed by atoms with E-state index in [0.717, 1.165) is 4.57 Å². The van der Waals surface area contributed by atoms with Crippen molar-refractivity contribution in [1.82, 2.24) is 15.2 Å². The molecule has 0 saturated heterocycles. The molecule has 0 radical (unpaired) electrons. The first-order chi connectivity index (χ1) is 15.6. The van der Waals surface area contributed by atoms with E-state index in [9.17, 15) is 22.8 Å². The molecule has 10 nitrogen and oxygen atoms in total. The van der Waals surface area contributed by atoms with Gasteiger partial charge in [0.1, 0.15) is 18.5 Å². The Hall–Kier alpha value is -3.60. The van der Waals surface area contributed by atoms with Gasteiger partial charge >= 0.3 is 0 Å². The van der Waals surface area contributed by atoms with Crippen LogP contribution in [0.2, 0.25) is 0 Å². The largest absolute Gasteiger partial charge is 0.386 e. The summed E-state index contributed by atoms with van der Waals surface area (Å²) >= 11 is 0. The minimum atomic E-state index is -3.84. The number of sulfonamides is 1. The molecule has 0 saturated carbocycles. The Morgan fingerprint density at radius 2 is 1.91 bits per heavy atom. The summed E-state index contributed by atoms with van der Waals surface area (Å²) in [5, 5.41) is 5.40. The SMILES string of the molecule is C=C(N)NCCCC(C=O)NC(=O)Cn1c(C)ccc(NS(=O)(=O)Cc2ccccc2)c1=O. The van der Waals surface area contributed by atoms with Crippen LogP contribution in [-0.2, 0) is 31.9 Å². The molecule has 1 amide bonds. The van der Waals surface area contributed by atoms with Gasteiger partial charge in [-0.05, 0) is 37.5 Å². The van der Waals surface area contributed by atoms with Crippen LogP contribution in [0, 0.1) is 6.92 Å². The van der Waals surface area contributed by atoms with Crippen LogP contribution in [0.3, 0.4) is 0 Å². The first kappa shape index (κ1) is 25.7. The van der Waals surface area contributed by atoms with Crippen molar-refractivity contribution in [2.45, 2.75) is 38.1 Å². The molecule has 0 aliphatic carbocycles. The standard InChI is InChI=1S/C22H29N5O5S/c1-16-10-11-20(26-33(31,32)15-18-7-4-3-5-8-18)22(30)27(16)13-21(29)25-19(14-28)9-6-12-24-17(2)23/h3-5,7-8,10-11,14,19,24,26H,2,6,9,12-13,15,23H2,1H3,(H,25,29).